The van der Waals surface area contributed by atoms with Crippen LogP contribution in [0.2, 0.25) is 0 Å². The molecule has 2 aromatic heterocycles. The van der Waals surface area contributed by atoms with Crippen LogP contribution in [0.25, 0.3) is 5.69 Å². The lowest BCUT2D eigenvalue weighted by molar-refractivity contribution is -0.119. The summed E-state index contributed by atoms with van der Waals surface area (Å²) in [6.45, 7) is 2.22. The first kappa shape index (κ1) is 23.7. The standard InChI is InChI=1S/C24H30N8O4/c1-34-18-9-14(10-19(35-2)21(18)36-3)31-12-20(27-13-31)29-24-28-16-6-7-26-11-15(16)23(30-24)32-8-4-5-17(32)22(25)33/h9-10,12-13,17,26H,4-8,11H2,1-3H3,(H2,25,33)(H,28,29,30). The fourth-order valence-corrected chi connectivity index (χ4v) is 4.79. The van der Waals surface area contributed by atoms with E-state index in [4.69, 9.17) is 29.9 Å². The molecule has 4 N–H and O–H groups in total. The number of nitrogens with one attached hydrogen (secondary N) is 2. The van der Waals surface area contributed by atoms with Crippen molar-refractivity contribution < 1.29 is 19.0 Å². The summed E-state index contributed by atoms with van der Waals surface area (Å²) in [6, 6.07) is 3.31. The molecule has 1 saturated heterocycles. The van der Waals surface area contributed by atoms with Gasteiger partial charge in [-0.3, -0.25) is 4.79 Å². The highest BCUT2D eigenvalue weighted by Gasteiger charge is 2.33. The van der Waals surface area contributed by atoms with Crippen LogP contribution < -0.4 is 35.5 Å². The van der Waals surface area contributed by atoms with Gasteiger partial charge in [0.25, 0.3) is 0 Å². The zero-order valence-corrected chi connectivity index (χ0v) is 20.6. The third kappa shape index (κ3) is 4.35. The van der Waals surface area contributed by atoms with Gasteiger partial charge in [-0.05, 0) is 12.8 Å². The van der Waals surface area contributed by atoms with E-state index < -0.39 is 0 Å². The molecule has 5 rings (SSSR count). The van der Waals surface area contributed by atoms with Gasteiger partial charge in [0.15, 0.2) is 17.3 Å². The van der Waals surface area contributed by atoms with Crippen molar-refractivity contribution in [1.82, 2.24) is 24.8 Å². The number of anilines is 3. The maximum Gasteiger partial charge on any atom is 0.240 e. The molecule has 1 unspecified atom stereocenters. The first-order valence-corrected chi connectivity index (χ1v) is 11.8. The molecule has 2 aliphatic heterocycles. The van der Waals surface area contributed by atoms with Gasteiger partial charge in [0.1, 0.15) is 18.2 Å². The average Bonchev–Trinajstić information content (AvgIpc) is 3.57. The van der Waals surface area contributed by atoms with E-state index in [0.29, 0.717) is 35.6 Å². The van der Waals surface area contributed by atoms with Crippen LogP contribution in [0.3, 0.4) is 0 Å². The lowest BCUT2D eigenvalue weighted by Crippen LogP contribution is -2.42. The summed E-state index contributed by atoms with van der Waals surface area (Å²) in [4.78, 5) is 28.1. The van der Waals surface area contributed by atoms with Gasteiger partial charge in [-0.25, -0.2) is 9.97 Å². The van der Waals surface area contributed by atoms with Crippen molar-refractivity contribution in [3.63, 3.8) is 0 Å². The predicted octanol–water partition coefficient (Wildman–Crippen LogP) is 1.53. The molecule has 1 atom stereocenters. The van der Waals surface area contributed by atoms with E-state index in [1.165, 1.54) is 0 Å². The molecule has 36 heavy (non-hydrogen) atoms. The third-order valence-electron chi connectivity index (χ3n) is 6.53. The largest absolute Gasteiger partial charge is 0.493 e. The predicted molar refractivity (Wildman–Crippen MR) is 134 cm³/mol. The van der Waals surface area contributed by atoms with Crippen molar-refractivity contribution in [2.45, 2.75) is 31.8 Å². The van der Waals surface area contributed by atoms with E-state index in [0.717, 1.165) is 55.1 Å². The van der Waals surface area contributed by atoms with Crippen LogP contribution in [0.5, 0.6) is 17.2 Å². The Morgan fingerprint density at radius 2 is 1.94 bits per heavy atom. The normalized spacial score (nSPS) is 17.0. The second kappa shape index (κ2) is 9.90. The van der Waals surface area contributed by atoms with Crippen molar-refractivity contribution in [3.8, 4) is 22.9 Å². The van der Waals surface area contributed by atoms with E-state index in [9.17, 15) is 4.79 Å². The molecule has 3 aromatic rings. The zero-order chi connectivity index (χ0) is 25.2. The summed E-state index contributed by atoms with van der Waals surface area (Å²) in [5.74, 6) is 3.01. The molecular formula is C24H30N8O4. The number of aromatic nitrogens is 4. The minimum Gasteiger partial charge on any atom is -0.493 e. The Labute approximate surface area is 208 Å². The van der Waals surface area contributed by atoms with Gasteiger partial charge in [0, 0.05) is 43.8 Å². The SMILES string of the molecule is COc1cc(-n2cnc(Nc3nc4c(c(N5CCCC5C(N)=O)n3)CNCC4)c2)cc(OC)c1OC. The number of hydrogen-bond donors (Lipinski definition) is 3. The lowest BCUT2D eigenvalue weighted by Gasteiger charge is -2.28. The molecule has 0 saturated carbocycles. The van der Waals surface area contributed by atoms with Crippen LogP contribution in [0, 0.1) is 0 Å². The molecule has 1 aromatic carbocycles. The molecule has 2 aliphatic rings. The number of benzene rings is 1. The van der Waals surface area contributed by atoms with Crippen molar-refractivity contribution in [1.29, 1.82) is 0 Å². The number of imidazole rings is 1. The van der Waals surface area contributed by atoms with Crippen molar-refractivity contribution >= 4 is 23.5 Å². The van der Waals surface area contributed by atoms with E-state index in [1.807, 2.05) is 27.8 Å². The van der Waals surface area contributed by atoms with Crippen LogP contribution in [-0.2, 0) is 17.8 Å². The molecule has 0 bridgehead atoms. The molecule has 0 radical (unpaired) electrons. The number of carbonyl (C=O) groups excluding carboxylic acids is 1. The first-order valence-electron chi connectivity index (χ1n) is 11.8. The molecule has 1 amide bonds. The van der Waals surface area contributed by atoms with Crippen molar-refractivity contribution in [3.05, 3.63) is 35.9 Å². The topological polar surface area (TPSA) is 142 Å². The Bertz CT molecular complexity index is 1250. The number of amides is 1. The number of primary amides is 1. The molecule has 4 heterocycles. The van der Waals surface area contributed by atoms with E-state index in [2.05, 4.69) is 15.6 Å². The summed E-state index contributed by atoms with van der Waals surface area (Å²) in [7, 11) is 4.72. The van der Waals surface area contributed by atoms with Gasteiger partial charge in [-0.2, -0.15) is 4.98 Å². The summed E-state index contributed by atoms with van der Waals surface area (Å²) < 4.78 is 18.2. The number of ether oxygens (including phenoxy) is 3. The molecular weight excluding hydrogens is 464 g/mol. The number of fused-ring (bicyclic) bond motifs is 1. The monoisotopic (exact) mass is 494 g/mol. The molecule has 190 valence electrons. The Morgan fingerprint density at radius 3 is 2.64 bits per heavy atom. The molecule has 12 heteroatoms. The third-order valence-corrected chi connectivity index (χ3v) is 6.53. The van der Waals surface area contributed by atoms with Crippen LogP contribution in [0.4, 0.5) is 17.6 Å². The highest BCUT2D eigenvalue weighted by molar-refractivity contribution is 5.84. The van der Waals surface area contributed by atoms with Gasteiger partial charge < -0.3 is 40.0 Å². The maximum atomic E-state index is 12.1. The van der Waals surface area contributed by atoms with Gasteiger partial charge in [-0.15, -0.1) is 0 Å². The Hall–Kier alpha value is -4.06. The molecule has 0 spiro atoms. The fourth-order valence-electron chi connectivity index (χ4n) is 4.79. The Morgan fingerprint density at radius 1 is 1.17 bits per heavy atom. The zero-order valence-electron chi connectivity index (χ0n) is 20.6. The number of hydrogen-bond acceptors (Lipinski definition) is 10. The van der Waals surface area contributed by atoms with Gasteiger partial charge in [0.05, 0.1) is 38.9 Å². The molecule has 1 fully saturated rings. The van der Waals surface area contributed by atoms with Crippen molar-refractivity contribution in [2.24, 2.45) is 5.73 Å². The molecule has 12 nitrogen and oxygen atoms in total. The smallest absolute Gasteiger partial charge is 0.240 e. The van der Waals surface area contributed by atoms with Gasteiger partial charge >= 0.3 is 0 Å². The second-order valence-electron chi connectivity index (χ2n) is 8.65. The Kier molecular flexibility index (Phi) is 6.51. The summed E-state index contributed by atoms with van der Waals surface area (Å²) in [5, 5.41) is 6.61. The minimum atomic E-state index is -0.363. The fraction of sp³-hybridized carbons (Fsp3) is 0.417. The van der Waals surface area contributed by atoms with Crippen LogP contribution in [-0.4, -0.2) is 65.9 Å². The molecule has 0 aliphatic carbocycles. The second-order valence-corrected chi connectivity index (χ2v) is 8.65. The van der Waals surface area contributed by atoms with E-state index >= 15 is 0 Å². The van der Waals surface area contributed by atoms with Crippen LogP contribution >= 0.6 is 0 Å². The van der Waals surface area contributed by atoms with E-state index in [-0.39, 0.29) is 11.9 Å². The summed E-state index contributed by atoms with van der Waals surface area (Å²) in [5.41, 5.74) is 8.44. The number of rotatable bonds is 8. The highest BCUT2D eigenvalue weighted by Crippen LogP contribution is 2.39. The number of nitrogens with zero attached hydrogens (tertiary/aromatic N) is 5. The van der Waals surface area contributed by atoms with Gasteiger partial charge in [0.2, 0.25) is 17.6 Å². The summed E-state index contributed by atoms with van der Waals surface area (Å²) >= 11 is 0. The first-order chi connectivity index (χ1) is 17.5. The Balaban J connectivity index is 1.46. The van der Waals surface area contributed by atoms with Crippen molar-refractivity contribution in [2.75, 3.05) is 44.6 Å². The highest BCUT2D eigenvalue weighted by atomic mass is 16.5. The number of nitrogens with two attached hydrogens (primary N) is 1. The number of carbonyl (C=O) groups is 1. The van der Waals surface area contributed by atoms with Crippen LogP contribution in [0.15, 0.2) is 24.7 Å². The maximum absolute atomic E-state index is 12.1. The lowest BCUT2D eigenvalue weighted by atomic mass is 10.1. The minimum absolute atomic E-state index is 0.331. The van der Waals surface area contributed by atoms with Crippen LogP contribution in [0.1, 0.15) is 24.1 Å². The van der Waals surface area contributed by atoms with E-state index in [1.54, 1.807) is 27.7 Å². The summed E-state index contributed by atoms with van der Waals surface area (Å²) in [6.07, 6.45) is 5.89. The van der Waals surface area contributed by atoms with Gasteiger partial charge in [-0.1, -0.05) is 0 Å². The average molecular weight is 495 g/mol. The number of methoxy groups -OCH3 is 3. The quantitative estimate of drug-likeness (QED) is 0.422.